The van der Waals surface area contributed by atoms with Crippen molar-refractivity contribution in [3.8, 4) is 0 Å². The van der Waals surface area contributed by atoms with E-state index in [2.05, 4.69) is 41.5 Å². The molecule has 0 unspecified atom stereocenters. The molecule has 2 rings (SSSR count). The summed E-state index contributed by atoms with van der Waals surface area (Å²) < 4.78 is 28.9. The maximum Gasteiger partial charge on any atom is 0.241 e. The van der Waals surface area contributed by atoms with Gasteiger partial charge in [0.2, 0.25) is 10.0 Å². The van der Waals surface area contributed by atoms with Crippen LogP contribution in [0.3, 0.4) is 0 Å². The molecule has 0 saturated heterocycles. The summed E-state index contributed by atoms with van der Waals surface area (Å²) in [5, 5.41) is 0. The number of nitrogens with zero attached hydrogens (tertiary/aromatic N) is 1. The molecular weight excluding hydrogens is 408 g/mol. The van der Waals surface area contributed by atoms with E-state index in [0.717, 1.165) is 23.7 Å². The zero-order valence-corrected chi connectivity index (χ0v) is 15.5. The second-order valence-electron chi connectivity index (χ2n) is 5.37. The Morgan fingerprint density at radius 1 is 1.30 bits per heavy atom. The van der Waals surface area contributed by atoms with Gasteiger partial charge in [0.15, 0.2) is 0 Å². The highest BCUT2D eigenvalue weighted by Crippen LogP contribution is 2.36. The van der Waals surface area contributed by atoms with Crippen LogP contribution in [0.2, 0.25) is 0 Å². The summed E-state index contributed by atoms with van der Waals surface area (Å²) in [7, 11) is 0.495. The summed E-state index contributed by atoms with van der Waals surface area (Å²) in [6.45, 7) is 0.446. The first-order valence-electron chi connectivity index (χ1n) is 6.39. The van der Waals surface area contributed by atoms with Crippen molar-refractivity contribution in [1.82, 2.24) is 9.62 Å². The van der Waals surface area contributed by atoms with Crippen LogP contribution >= 0.6 is 31.9 Å². The molecule has 1 aliphatic carbocycles. The van der Waals surface area contributed by atoms with Gasteiger partial charge in [-0.05, 0) is 67.5 Å². The first kappa shape index (κ1) is 16.4. The van der Waals surface area contributed by atoms with Crippen LogP contribution in [0.15, 0.2) is 32.0 Å². The lowest BCUT2D eigenvalue weighted by molar-refractivity contribution is 0.0657. The quantitative estimate of drug-likeness (QED) is 0.788. The molecule has 1 aliphatic rings. The largest absolute Gasteiger partial charge is 0.302 e. The number of sulfonamides is 1. The van der Waals surface area contributed by atoms with Crippen LogP contribution in [0.5, 0.6) is 0 Å². The lowest BCUT2D eigenvalue weighted by atomic mass is 9.76. The molecule has 1 saturated carbocycles. The van der Waals surface area contributed by atoms with Gasteiger partial charge in [-0.2, -0.15) is 0 Å². The number of likely N-dealkylation sites (N-methyl/N-ethyl adjacent to an activating group) is 1. The third-order valence-electron chi connectivity index (χ3n) is 4.01. The zero-order chi connectivity index (χ0) is 15.0. The minimum Gasteiger partial charge on any atom is -0.302 e. The second-order valence-corrected chi connectivity index (χ2v) is 8.88. The number of benzene rings is 1. The first-order chi connectivity index (χ1) is 9.27. The Hall–Kier alpha value is 0.0500. The van der Waals surface area contributed by atoms with Crippen LogP contribution in [0.4, 0.5) is 0 Å². The standard InChI is InChI=1S/C13H18Br2N2O2S/c1-17(2)13(6-3-7-13)9-16-20(18,19)12-8-10(14)4-5-11(12)15/h4-5,8,16H,3,6-7,9H2,1-2H3. The van der Waals surface area contributed by atoms with Crippen molar-refractivity contribution in [3.05, 3.63) is 27.1 Å². The second kappa shape index (κ2) is 6.04. The lowest BCUT2D eigenvalue weighted by Crippen LogP contribution is -2.57. The van der Waals surface area contributed by atoms with Crippen molar-refractivity contribution in [3.63, 3.8) is 0 Å². The van der Waals surface area contributed by atoms with Gasteiger partial charge in [-0.1, -0.05) is 15.9 Å². The van der Waals surface area contributed by atoms with Gasteiger partial charge < -0.3 is 4.90 Å². The van der Waals surface area contributed by atoms with Crippen molar-refractivity contribution >= 4 is 41.9 Å². The summed E-state index contributed by atoms with van der Waals surface area (Å²) in [4.78, 5) is 2.38. The molecule has 1 fully saturated rings. The Bertz CT molecular complexity index is 598. The van der Waals surface area contributed by atoms with E-state index in [1.165, 1.54) is 0 Å². The Kier molecular flexibility index (Phi) is 4.96. The number of hydrogen-bond donors (Lipinski definition) is 1. The average Bonchev–Trinajstić information content (AvgIpc) is 2.30. The molecule has 112 valence electrons. The van der Waals surface area contributed by atoms with Gasteiger partial charge in [0.25, 0.3) is 0 Å². The van der Waals surface area contributed by atoms with E-state index in [0.29, 0.717) is 11.0 Å². The molecule has 0 bridgehead atoms. The highest BCUT2D eigenvalue weighted by atomic mass is 79.9. The van der Waals surface area contributed by atoms with Gasteiger partial charge in [-0.25, -0.2) is 13.1 Å². The third-order valence-corrected chi connectivity index (χ3v) is 6.90. The number of halogens is 2. The van der Waals surface area contributed by atoms with E-state index < -0.39 is 10.0 Å². The van der Waals surface area contributed by atoms with Crippen LogP contribution in [0.1, 0.15) is 19.3 Å². The molecule has 1 N–H and O–H groups in total. The zero-order valence-electron chi connectivity index (χ0n) is 11.5. The summed E-state index contributed by atoms with van der Waals surface area (Å²) in [6, 6.07) is 5.13. The summed E-state index contributed by atoms with van der Waals surface area (Å²) in [5.74, 6) is 0. The smallest absolute Gasteiger partial charge is 0.241 e. The third kappa shape index (κ3) is 3.27. The minimum atomic E-state index is -3.51. The molecule has 1 aromatic rings. The highest BCUT2D eigenvalue weighted by molar-refractivity contribution is 9.11. The lowest BCUT2D eigenvalue weighted by Gasteiger charge is -2.47. The molecule has 0 heterocycles. The van der Waals surface area contributed by atoms with Crippen LogP contribution in [0, 0.1) is 0 Å². The van der Waals surface area contributed by atoms with E-state index >= 15 is 0 Å². The van der Waals surface area contributed by atoms with Crippen molar-refractivity contribution < 1.29 is 8.42 Å². The van der Waals surface area contributed by atoms with Crippen molar-refractivity contribution in [2.75, 3.05) is 20.6 Å². The van der Waals surface area contributed by atoms with E-state index in [-0.39, 0.29) is 10.4 Å². The van der Waals surface area contributed by atoms with Gasteiger partial charge in [0.1, 0.15) is 0 Å². The van der Waals surface area contributed by atoms with Gasteiger partial charge >= 0.3 is 0 Å². The first-order valence-corrected chi connectivity index (χ1v) is 9.46. The molecule has 20 heavy (non-hydrogen) atoms. The predicted octanol–water partition coefficient (Wildman–Crippen LogP) is 2.97. The fraction of sp³-hybridized carbons (Fsp3) is 0.538. The van der Waals surface area contributed by atoms with Crippen LogP contribution in [-0.2, 0) is 10.0 Å². The fourth-order valence-electron chi connectivity index (χ4n) is 2.36. The monoisotopic (exact) mass is 424 g/mol. The normalized spacial score (nSPS) is 18.1. The van der Waals surface area contributed by atoms with E-state index in [1.807, 2.05) is 14.1 Å². The Labute approximate surface area is 137 Å². The molecule has 0 spiro atoms. The topological polar surface area (TPSA) is 49.4 Å². The number of nitrogens with one attached hydrogen (secondary N) is 1. The molecule has 0 aliphatic heterocycles. The van der Waals surface area contributed by atoms with Crippen molar-refractivity contribution in [2.45, 2.75) is 29.7 Å². The minimum absolute atomic E-state index is 0.0362. The SMILES string of the molecule is CN(C)C1(CNS(=O)(=O)c2cc(Br)ccc2Br)CCC1. The van der Waals surface area contributed by atoms with Crippen LogP contribution in [-0.4, -0.2) is 39.5 Å². The molecule has 0 amide bonds. The fourth-order valence-corrected chi connectivity index (χ4v) is 4.98. The van der Waals surface area contributed by atoms with Gasteiger partial charge in [-0.3, -0.25) is 0 Å². The molecule has 4 nitrogen and oxygen atoms in total. The van der Waals surface area contributed by atoms with Crippen molar-refractivity contribution in [1.29, 1.82) is 0 Å². The molecule has 0 radical (unpaired) electrons. The Balaban J connectivity index is 2.17. The van der Waals surface area contributed by atoms with E-state index in [1.54, 1.807) is 18.2 Å². The molecule has 1 aromatic carbocycles. The molecular formula is C13H18Br2N2O2S. The maximum absolute atomic E-state index is 12.4. The van der Waals surface area contributed by atoms with Crippen LogP contribution in [0.25, 0.3) is 0 Å². The Morgan fingerprint density at radius 3 is 2.45 bits per heavy atom. The van der Waals surface area contributed by atoms with Crippen LogP contribution < -0.4 is 4.72 Å². The summed E-state index contributed by atoms with van der Waals surface area (Å²) in [6.07, 6.45) is 3.21. The number of rotatable bonds is 5. The van der Waals surface area contributed by atoms with E-state index in [4.69, 9.17) is 0 Å². The Morgan fingerprint density at radius 2 is 1.95 bits per heavy atom. The summed E-state index contributed by atoms with van der Waals surface area (Å²) in [5.41, 5.74) is -0.0362. The molecule has 7 heteroatoms. The van der Waals surface area contributed by atoms with Gasteiger partial charge in [0, 0.05) is 21.0 Å². The predicted molar refractivity (Wildman–Crippen MR) is 87.3 cm³/mol. The van der Waals surface area contributed by atoms with Gasteiger partial charge in [-0.15, -0.1) is 0 Å². The van der Waals surface area contributed by atoms with Gasteiger partial charge in [0.05, 0.1) is 4.90 Å². The molecule has 0 atom stereocenters. The van der Waals surface area contributed by atoms with E-state index in [9.17, 15) is 8.42 Å². The molecule has 0 aromatic heterocycles. The van der Waals surface area contributed by atoms with Crippen molar-refractivity contribution in [2.24, 2.45) is 0 Å². The maximum atomic E-state index is 12.4. The number of hydrogen-bond acceptors (Lipinski definition) is 3. The average molecular weight is 426 g/mol. The highest BCUT2D eigenvalue weighted by Gasteiger charge is 2.40. The summed E-state index contributed by atoms with van der Waals surface area (Å²) >= 11 is 6.60.